The molecule has 166 valence electrons. The van der Waals surface area contributed by atoms with E-state index in [9.17, 15) is 9.18 Å². The van der Waals surface area contributed by atoms with E-state index in [4.69, 9.17) is 97.9 Å². The molecule has 0 aliphatic carbocycles. The van der Waals surface area contributed by atoms with Crippen molar-refractivity contribution in [3.8, 4) is 0 Å². The van der Waals surface area contributed by atoms with Crippen molar-refractivity contribution in [2.75, 3.05) is 6.54 Å². The Kier molecular flexibility index (Phi) is 8.11. The number of piperidine rings is 1. The van der Waals surface area contributed by atoms with Crippen molar-refractivity contribution in [3.05, 3.63) is 58.4 Å². The van der Waals surface area contributed by atoms with Crippen LogP contribution < -0.4 is 5.32 Å². The molecule has 1 aliphatic rings. The van der Waals surface area contributed by atoms with Crippen molar-refractivity contribution in [1.82, 2.24) is 20.2 Å². The van der Waals surface area contributed by atoms with E-state index in [0.29, 0.717) is 4.90 Å². The fourth-order valence-electron chi connectivity index (χ4n) is 4.02. The van der Waals surface area contributed by atoms with Gasteiger partial charge in [0.05, 0.1) is 91.3 Å². The molecule has 1 saturated heterocycles. The Morgan fingerprint density at radius 2 is 1.61 bits per heavy atom. The van der Waals surface area contributed by atoms with Crippen LogP contribution in [-0.2, 0) is 10.5 Å². The summed E-state index contributed by atoms with van der Waals surface area (Å²) in [6.45, 7) is -0.844. The van der Waals surface area contributed by atoms with Crippen molar-refractivity contribution in [2.45, 2.75) is 38.4 Å². The van der Waals surface area contributed by atoms with Crippen LogP contribution in [0.3, 0.4) is 0 Å². The normalized spacial score (nSPS) is 22.6. The first-order chi connectivity index (χ1) is 17.1. The zero-order chi connectivity index (χ0) is 29.1. The number of nitrogens with zero attached hydrogens (tertiary/aromatic N) is 3. The second-order valence-corrected chi connectivity index (χ2v) is 9.96. The average molecular weight is 503 g/mol. The van der Waals surface area contributed by atoms with E-state index >= 15 is 4.39 Å². The molecule has 1 N–H and O–H groups in total. The number of hydrogen-bond acceptors (Lipinski definition) is 4. The van der Waals surface area contributed by atoms with Gasteiger partial charge in [0.2, 0.25) is 0 Å². The third-order valence-corrected chi connectivity index (χ3v) is 6.60. The lowest BCUT2D eigenvalue weighted by molar-refractivity contribution is -0.00765. The third-order valence-electron chi connectivity index (χ3n) is 6.31. The molecule has 22 radical (unpaired) electrons. The number of likely N-dealkylation sites (tertiary alicyclic amines) is 1. The summed E-state index contributed by atoms with van der Waals surface area (Å²) < 4.78 is 30.1. The summed E-state index contributed by atoms with van der Waals surface area (Å²) in [5.74, 6) is -2.08. The molecule has 3 rings (SSSR count). The number of amides is 1. The lowest BCUT2D eigenvalue weighted by Crippen LogP contribution is -2.79. The van der Waals surface area contributed by atoms with Crippen molar-refractivity contribution >= 4 is 104 Å². The van der Waals surface area contributed by atoms with Gasteiger partial charge in [-0.2, -0.15) is 0 Å². The lowest BCUT2D eigenvalue weighted by atomic mass is 9.24. The van der Waals surface area contributed by atoms with Crippen LogP contribution in [0.2, 0.25) is 10.2 Å². The van der Waals surface area contributed by atoms with Crippen LogP contribution in [0.25, 0.3) is 0 Å². The zero-order valence-corrected chi connectivity index (χ0v) is 20.8. The summed E-state index contributed by atoms with van der Waals surface area (Å²) in [6, 6.07) is 2.96. The van der Waals surface area contributed by atoms with E-state index in [1.807, 2.05) is 0 Å². The van der Waals surface area contributed by atoms with Crippen molar-refractivity contribution in [3.63, 3.8) is 0 Å². The van der Waals surface area contributed by atoms with Gasteiger partial charge in [-0.3, -0.25) is 4.79 Å². The lowest BCUT2D eigenvalue weighted by Gasteiger charge is -2.68. The molecular formula is C19H10B11ClF2N4O. The summed E-state index contributed by atoms with van der Waals surface area (Å²) in [5.41, 5.74) is -2.92. The SMILES string of the molecule is [B]C([B])([B])c1cnc(C([B])([B])NCC2(F)CC([B])([B])N(C(=O)c3ccc(F)c(Cl)c3)C([B])([B])C2([B])[B])nc1. The van der Waals surface area contributed by atoms with Crippen LogP contribution in [0.4, 0.5) is 8.78 Å². The number of halogens is 3. The fraction of sp³-hybridized carbons (Fsp3) is 0.421. The predicted molar refractivity (Wildman–Crippen MR) is 151 cm³/mol. The molecule has 1 amide bonds. The van der Waals surface area contributed by atoms with Gasteiger partial charge in [0.15, 0.2) is 0 Å². The summed E-state index contributed by atoms with van der Waals surface area (Å²) in [5, 5.41) is -9.56. The van der Waals surface area contributed by atoms with Gasteiger partial charge in [-0.15, -0.1) is 5.11 Å². The first-order valence-electron chi connectivity index (χ1n) is 10.8. The van der Waals surface area contributed by atoms with Gasteiger partial charge in [-0.25, -0.2) is 18.7 Å². The quantitative estimate of drug-likeness (QED) is 0.448. The van der Waals surface area contributed by atoms with Crippen molar-refractivity contribution in [2.24, 2.45) is 0 Å². The van der Waals surface area contributed by atoms with Gasteiger partial charge in [0, 0.05) is 29.8 Å². The minimum atomic E-state index is -2.85. The van der Waals surface area contributed by atoms with E-state index < -0.39 is 61.7 Å². The topological polar surface area (TPSA) is 58.1 Å². The fourth-order valence-corrected chi connectivity index (χ4v) is 4.20. The van der Waals surface area contributed by atoms with Gasteiger partial charge < -0.3 is 10.2 Å². The van der Waals surface area contributed by atoms with Crippen LogP contribution in [0.5, 0.6) is 0 Å². The molecule has 1 aliphatic heterocycles. The highest BCUT2D eigenvalue weighted by Crippen LogP contribution is 2.55. The summed E-state index contributed by atoms with van der Waals surface area (Å²) in [4.78, 5) is 21.7. The monoisotopic (exact) mass is 504 g/mol. The summed E-state index contributed by atoms with van der Waals surface area (Å²) in [6.07, 6.45) is 1.42. The second kappa shape index (κ2) is 9.90. The molecule has 1 fully saturated rings. The summed E-state index contributed by atoms with van der Waals surface area (Å²) >= 11 is 5.76. The van der Waals surface area contributed by atoms with Crippen LogP contribution in [-0.4, -0.2) is 130 Å². The molecule has 0 bridgehead atoms. The highest BCUT2D eigenvalue weighted by atomic mass is 35.5. The van der Waals surface area contributed by atoms with Gasteiger partial charge >= 0.3 is 0 Å². The third kappa shape index (κ3) is 5.46. The highest BCUT2D eigenvalue weighted by molar-refractivity contribution is 6.59. The maximum absolute atomic E-state index is 16.5. The molecule has 0 spiro atoms. The Morgan fingerprint density at radius 1 is 1.05 bits per heavy atom. The minimum Gasteiger partial charge on any atom is -0.363 e. The standard InChI is InChI=1S/C19H10B11ClF2N4O/c20-15(21)6-14(33,7-36-17(25,26)13-34-4-9(5-35-13)16(22,23)24)18(27,28)19(29,30)37(15)12(38)8-1-2-11(32)10(31)3-8/h1-5,36H,6-7H2. The first kappa shape index (κ1) is 31.1. The second-order valence-electron chi connectivity index (χ2n) is 9.55. The predicted octanol–water partition coefficient (Wildman–Crippen LogP) is -2.39. The van der Waals surface area contributed by atoms with Crippen LogP contribution in [0.15, 0.2) is 30.6 Å². The first-order valence-corrected chi connectivity index (χ1v) is 11.2. The van der Waals surface area contributed by atoms with Crippen molar-refractivity contribution < 1.29 is 13.6 Å². The molecule has 2 heterocycles. The number of aromatic nitrogens is 2. The molecule has 5 nitrogen and oxygen atoms in total. The Bertz CT molecular complexity index is 1230. The number of alkyl halides is 1. The highest BCUT2D eigenvalue weighted by Gasteiger charge is 2.63. The van der Waals surface area contributed by atoms with E-state index in [1.165, 1.54) is 12.4 Å². The molecule has 38 heavy (non-hydrogen) atoms. The van der Waals surface area contributed by atoms with Gasteiger partial charge in [0.25, 0.3) is 5.91 Å². The Hall–Kier alpha value is -1.41. The molecule has 0 saturated carbocycles. The molecular weight excluding hydrogens is 493 g/mol. The largest absolute Gasteiger partial charge is 0.363 e. The molecule has 1 aromatic heterocycles. The van der Waals surface area contributed by atoms with E-state index in [1.54, 1.807) is 0 Å². The Labute approximate surface area is 240 Å². The van der Waals surface area contributed by atoms with Crippen molar-refractivity contribution in [1.29, 1.82) is 0 Å². The maximum Gasteiger partial charge on any atom is 0.252 e. The zero-order valence-electron chi connectivity index (χ0n) is 20.0. The van der Waals surface area contributed by atoms with E-state index in [2.05, 4.69) is 15.3 Å². The Morgan fingerprint density at radius 3 is 2.11 bits per heavy atom. The smallest absolute Gasteiger partial charge is 0.252 e. The molecule has 2 aromatic rings. The number of carbonyl (C=O) groups excluding carboxylic acids is 1. The molecule has 19 heteroatoms. The van der Waals surface area contributed by atoms with Gasteiger partial charge in [-0.05, 0) is 40.9 Å². The minimum absolute atomic E-state index is 0.147. The molecule has 1 aromatic carbocycles. The van der Waals surface area contributed by atoms with Crippen LogP contribution in [0, 0.1) is 5.82 Å². The number of rotatable bonds is 6. The Balaban J connectivity index is 1.92. The van der Waals surface area contributed by atoms with E-state index in [-0.39, 0.29) is 17.0 Å². The number of nitrogens with one attached hydrogen (secondary N) is 1. The maximum atomic E-state index is 16.5. The van der Waals surface area contributed by atoms with Crippen LogP contribution in [0.1, 0.15) is 28.2 Å². The number of benzene rings is 1. The molecule has 1 unspecified atom stereocenters. The number of carbonyl (C=O) groups is 1. The van der Waals surface area contributed by atoms with Gasteiger partial charge in [-0.1, -0.05) is 16.8 Å². The van der Waals surface area contributed by atoms with E-state index in [0.717, 1.165) is 18.2 Å². The molecule has 1 atom stereocenters. The average Bonchev–Trinajstić information content (AvgIpc) is 2.77. The number of hydrogen-bond donors (Lipinski definition) is 1. The van der Waals surface area contributed by atoms with Gasteiger partial charge in [0.1, 0.15) is 17.3 Å². The summed E-state index contributed by atoms with van der Waals surface area (Å²) in [7, 11) is 65.6. The van der Waals surface area contributed by atoms with Crippen LogP contribution >= 0.6 is 11.6 Å².